The Morgan fingerprint density at radius 2 is 1.40 bits per heavy atom. The third-order valence-corrected chi connectivity index (χ3v) is 2.88. The molecule has 3 heteroatoms. The van der Waals surface area contributed by atoms with Crippen LogP contribution in [0.5, 0.6) is 11.5 Å². The topological polar surface area (TPSA) is 9.23 Å². The minimum Gasteiger partial charge on any atom is -0.457 e. The Labute approximate surface area is 97.5 Å². The fourth-order valence-corrected chi connectivity index (χ4v) is 1.73. The zero-order valence-corrected chi connectivity index (χ0v) is 9.46. The number of para-hydroxylation sites is 1. The summed E-state index contributed by atoms with van der Waals surface area (Å²) < 4.78 is 5.63. The molecule has 15 heavy (non-hydrogen) atoms. The highest BCUT2D eigenvalue weighted by Gasteiger charge is 1.96. The normalized spacial score (nSPS) is 9.93. The Morgan fingerprint density at radius 1 is 0.800 bits per heavy atom. The molecule has 76 valence electrons. The average Bonchev–Trinajstić information content (AvgIpc) is 2.31. The fourth-order valence-electron chi connectivity index (χ4n) is 1.18. The Bertz CT molecular complexity index is 413. The quantitative estimate of drug-likeness (QED) is 0.762. The average molecular weight is 237 g/mol. The molecule has 2 aromatic rings. The highest BCUT2D eigenvalue weighted by molar-refractivity contribution is 8.21. The summed E-state index contributed by atoms with van der Waals surface area (Å²) in [5.41, 5.74) is 0. The summed E-state index contributed by atoms with van der Waals surface area (Å²) in [6, 6.07) is 17.3. The lowest BCUT2D eigenvalue weighted by molar-refractivity contribution is 0.482. The van der Waals surface area contributed by atoms with E-state index in [1.54, 1.807) is 0 Å². The summed E-state index contributed by atoms with van der Waals surface area (Å²) >= 11 is 0. The molecule has 2 rings (SSSR count). The van der Waals surface area contributed by atoms with E-state index in [1.807, 2.05) is 54.6 Å². The van der Waals surface area contributed by atoms with E-state index in [-0.39, 0.29) is 0 Å². The second-order valence-corrected chi connectivity index (χ2v) is 4.05. The Kier molecular flexibility index (Phi) is 3.54. The van der Waals surface area contributed by atoms with Gasteiger partial charge in [-0.2, -0.15) is 0 Å². The van der Waals surface area contributed by atoms with E-state index in [1.165, 1.54) is 11.0 Å². The van der Waals surface area contributed by atoms with Crippen LogP contribution in [0.15, 0.2) is 59.5 Å². The maximum Gasteiger partial charge on any atom is 0.127 e. The van der Waals surface area contributed by atoms with Crippen molar-refractivity contribution in [3.8, 4) is 11.5 Å². The van der Waals surface area contributed by atoms with Crippen LogP contribution in [-0.4, -0.2) is 0 Å². The monoisotopic (exact) mass is 236 g/mol. The van der Waals surface area contributed by atoms with Crippen molar-refractivity contribution in [3.63, 3.8) is 0 Å². The molecule has 0 aliphatic heterocycles. The highest BCUT2D eigenvalue weighted by Crippen LogP contribution is 2.26. The summed E-state index contributed by atoms with van der Waals surface area (Å²) in [4.78, 5) is 1.01. The van der Waals surface area contributed by atoms with Crippen molar-refractivity contribution >= 4 is 21.7 Å². The van der Waals surface area contributed by atoms with Gasteiger partial charge in [0.05, 0.1) is 0 Å². The van der Waals surface area contributed by atoms with Crippen molar-refractivity contribution < 1.29 is 4.74 Å². The van der Waals surface area contributed by atoms with Crippen LogP contribution in [0.4, 0.5) is 0 Å². The molecule has 0 saturated heterocycles. The van der Waals surface area contributed by atoms with Gasteiger partial charge in [0.15, 0.2) is 0 Å². The van der Waals surface area contributed by atoms with E-state index in [4.69, 9.17) is 15.4 Å². The number of hydrogen-bond donors (Lipinski definition) is 0. The Balaban J connectivity index is 2.11. The molecule has 0 aliphatic rings. The van der Waals surface area contributed by atoms with Crippen LogP contribution in [0.3, 0.4) is 0 Å². The summed E-state index contributed by atoms with van der Waals surface area (Å²) in [6.45, 7) is 0. The number of halogens is 1. The Hall–Kier alpha value is -1.12. The highest BCUT2D eigenvalue weighted by atomic mass is 35.7. The number of ether oxygens (including phenoxy) is 1. The summed E-state index contributed by atoms with van der Waals surface area (Å²) in [6.07, 6.45) is 0. The van der Waals surface area contributed by atoms with Gasteiger partial charge in [-0.25, -0.2) is 0 Å². The predicted octanol–water partition coefficient (Wildman–Crippen LogP) is 4.72. The minimum atomic E-state index is 0.815. The largest absolute Gasteiger partial charge is 0.457 e. The predicted molar refractivity (Wildman–Crippen MR) is 64.7 cm³/mol. The van der Waals surface area contributed by atoms with Gasteiger partial charge < -0.3 is 4.74 Å². The minimum absolute atomic E-state index is 0.815. The molecule has 0 atom stereocenters. The molecule has 0 bridgehead atoms. The van der Waals surface area contributed by atoms with Gasteiger partial charge in [0, 0.05) is 4.90 Å². The van der Waals surface area contributed by atoms with E-state index in [0.29, 0.717) is 0 Å². The summed E-state index contributed by atoms with van der Waals surface area (Å²) in [7, 11) is 6.82. The summed E-state index contributed by atoms with van der Waals surface area (Å²) in [5, 5.41) is 0. The molecule has 2 aromatic carbocycles. The third-order valence-electron chi connectivity index (χ3n) is 1.89. The van der Waals surface area contributed by atoms with Crippen molar-refractivity contribution in [2.24, 2.45) is 0 Å². The zero-order valence-electron chi connectivity index (χ0n) is 7.89. The smallest absolute Gasteiger partial charge is 0.127 e. The lowest BCUT2D eigenvalue weighted by Gasteiger charge is -2.05. The molecule has 0 unspecified atom stereocenters. The van der Waals surface area contributed by atoms with Gasteiger partial charge >= 0.3 is 0 Å². The van der Waals surface area contributed by atoms with Gasteiger partial charge in [-0.05, 0) is 58.1 Å². The molecule has 0 N–H and O–H groups in total. The molecular formula is C12H9ClOS. The number of benzene rings is 2. The van der Waals surface area contributed by atoms with Crippen LogP contribution < -0.4 is 4.74 Å². The Morgan fingerprint density at radius 3 is 2.00 bits per heavy atom. The third kappa shape index (κ3) is 2.91. The van der Waals surface area contributed by atoms with Gasteiger partial charge in [-0.1, -0.05) is 18.2 Å². The molecular weight excluding hydrogens is 228 g/mol. The standard InChI is InChI=1S/C12H9ClOS/c13-15-12-8-6-11(7-9-12)14-10-4-2-1-3-5-10/h1-9H. The van der Waals surface area contributed by atoms with Crippen LogP contribution >= 0.6 is 21.7 Å². The molecule has 0 radical (unpaired) electrons. The second-order valence-electron chi connectivity index (χ2n) is 2.96. The SMILES string of the molecule is ClSc1ccc(Oc2ccccc2)cc1. The zero-order chi connectivity index (χ0) is 10.5. The number of rotatable bonds is 3. The van der Waals surface area contributed by atoms with E-state index < -0.39 is 0 Å². The van der Waals surface area contributed by atoms with Crippen LogP contribution in [0, 0.1) is 0 Å². The first-order valence-electron chi connectivity index (χ1n) is 4.50. The summed E-state index contributed by atoms with van der Waals surface area (Å²) in [5.74, 6) is 1.65. The maximum absolute atomic E-state index is 5.63. The van der Waals surface area contributed by atoms with Gasteiger partial charge in [0.1, 0.15) is 11.5 Å². The second kappa shape index (κ2) is 5.10. The molecule has 1 nitrogen and oxygen atoms in total. The van der Waals surface area contributed by atoms with Gasteiger partial charge in [-0.3, -0.25) is 0 Å². The maximum atomic E-state index is 5.63. The lowest BCUT2D eigenvalue weighted by Crippen LogP contribution is -1.82. The first-order valence-corrected chi connectivity index (χ1v) is 6.14. The van der Waals surface area contributed by atoms with Crippen molar-refractivity contribution in [3.05, 3.63) is 54.6 Å². The van der Waals surface area contributed by atoms with Crippen molar-refractivity contribution in [1.82, 2.24) is 0 Å². The van der Waals surface area contributed by atoms with Gasteiger partial charge in [0.2, 0.25) is 0 Å². The molecule has 0 amide bonds. The lowest BCUT2D eigenvalue weighted by atomic mass is 10.3. The fraction of sp³-hybridized carbons (Fsp3) is 0. The molecule has 0 aliphatic carbocycles. The van der Waals surface area contributed by atoms with E-state index >= 15 is 0 Å². The van der Waals surface area contributed by atoms with Crippen LogP contribution in [0.25, 0.3) is 0 Å². The number of hydrogen-bond acceptors (Lipinski definition) is 2. The van der Waals surface area contributed by atoms with Crippen molar-refractivity contribution in [1.29, 1.82) is 0 Å². The first-order chi connectivity index (χ1) is 7.38. The first kappa shape index (κ1) is 10.4. The molecule has 0 spiro atoms. The van der Waals surface area contributed by atoms with Crippen LogP contribution in [0.1, 0.15) is 0 Å². The van der Waals surface area contributed by atoms with E-state index in [0.717, 1.165) is 16.4 Å². The van der Waals surface area contributed by atoms with E-state index in [9.17, 15) is 0 Å². The molecule has 0 heterocycles. The van der Waals surface area contributed by atoms with Gasteiger partial charge in [0.25, 0.3) is 0 Å². The van der Waals surface area contributed by atoms with Crippen molar-refractivity contribution in [2.75, 3.05) is 0 Å². The van der Waals surface area contributed by atoms with E-state index in [2.05, 4.69) is 0 Å². The molecule has 0 saturated carbocycles. The molecule has 0 aromatic heterocycles. The van der Waals surface area contributed by atoms with Crippen LogP contribution in [0.2, 0.25) is 0 Å². The van der Waals surface area contributed by atoms with Crippen LogP contribution in [-0.2, 0) is 0 Å². The van der Waals surface area contributed by atoms with Crippen molar-refractivity contribution in [2.45, 2.75) is 4.90 Å². The molecule has 0 fully saturated rings. The van der Waals surface area contributed by atoms with Gasteiger partial charge in [-0.15, -0.1) is 0 Å².